The summed E-state index contributed by atoms with van der Waals surface area (Å²) in [6.45, 7) is 1.72. The monoisotopic (exact) mass is 357 g/mol. The number of benzene rings is 2. The van der Waals surface area contributed by atoms with Crippen LogP contribution >= 0.6 is 22.9 Å². The van der Waals surface area contributed by atoms with Crippen LogP contribution < -0.4 is 10.1 Å². The van der Waals surface area contributed by atoms with E-state index >= 15 is 0 Å². The summed E-state index contributed by atoms with van der Waals surface area (Å²) in [5.74, 6) is 0.405. The Bertz CT molecular complexity index is 816. The van der Waals surface area contributed by atoms with Crippen molar-refractivity contribution < 1.29 is 9.53 Å². The second kappa shape index (κ2) is 7.51. The van der Waals surface area contributed by atoms with Crippen molar-refractivity contribution in [3.05, 3.63) is 71.1 Å². The molecule has 0 saturated carbocycles. The van der Waals surface area contributed by atoms with Crippen LogP contribution in [0, 0.1) is 0 Å². The number of nitrogens with one attached hydrogen (secondary N) is 1. The number of hydrogen-bond donors (Lipinski definition) is 1. The first kappa shape index (κ1) is 16.6. The van der Waals surface area contributed by atoms with Gasteiger partial charge in [-0.25, -0.2) is 0 Å². The lowest BCUT2D eigenvalue weighted by Crippen LogP contribution is -2.30. The van der Waals surface area contributed by atoms with Crippen molar-refractivity contribution in [3.8, 4) is 16.2 Å². The van der Waals surface area contributed by atoms with E-state index in [0.717, 1.165) is 16.1 Å². The largest absolute Gasteiger partial charge is 0.481 e. The van der Waals surface area contributed by atoms with Crippen molar-refractivity contribution in [2.75, 3.05) is 5.32 Å². The first-order chi connectivity index (χ1) is 11.6. The number of anilines is 1. The van der Waals surface area contributed by atoms with Crippen LogP contribution in [-0.2, 0) is 4.79 Å². The van der Waals surface area contributed by atoms with E-state index in [0.29, 0.717) is 10.8 Å². The lowest BCUT2D eigenvalue weighted by molar-refractivity contribution is -0.122. The average molecular weight is 358 g/mol. The van der Waals surface area contributed by atoms with Gasteiger partial charge in [0.25, 0.3) is 5.91 Å². The highest BCUT2D eigenvalue weighted by Crippen LogP contribution is 2.31. The number of thiophene rings is 1. The van der Waals surface area contributed by atoms with Crippen LogP contribution in [-0.4, -0.2) is 12.0 Å². The molecule has 1 N–H and O–H groups in total. The van der Waals surface area contributed by atoms with Crippen LogP contribution in [0.15, 0.2) is 66.0 Å². The number of amides is 1. The topological polar surface area (TPSA) is 38.3 Å². The highest BCUT2D eigenvalue weighted by atomic mass is 35.5. The van der Waals surface area contributed by atoms with Gasteiger partial charge in [0, 0.05) is 21.2 Å². The van der Waals surface area contributed by atoms with E-state index in [1.165, 1.54) is 0 Å². The Morgan fingerprint density at radius 2 is 1.83 bits per heavy atom. The van der Waals surface area contributed by atoms with Crippen molar-refractivity contribution in [1.82, 2.24) is 0 Å². The number of carbonyl (C=O) groups is 1. The van der Waals surface area contributed by atoms with Gasteiger partial charge < -0.3 is 10.1 Å². The Morgan fingerprint density at radius 1 is 1.08 bits per heavy atom. The van der Waals surface area contributed by atoms with Gasteiger partial charge in [-0.05, 0) is 48.7 Å². The van der Waals surface area contributed by atoms with Crippen molar-refractivity contribution >= 4 is 34.5 Å². The van der Waals surface area contributed by atoms with Gasteiger partial charge in [0.15, 0.2) is 6.10 Å². The third-order valence-electron chi connectivity index (χ3n) is 3.47. The Kier molecular flexibility index (Phi) is 5.18. The van der Waals surface area contributed by atoms with E-state index in [1.807, 2.05) is 41.8 Å². The van der Waals surface area contributed by atoms with Gasteiger partial charge in [-0.1, -0.05) is 35.9 Å². The van der Waals surface area contributed by atoms with Gasteiger partial charge in [-0.2, -0.15) is 0 Å². The summed E-state index contributed by atoms with van der Waals surface area (Å²) in [5.41, 5.74) is 1.77. The van der Waals surface area contributed by atoms with Crippen molar-refractivity contribution in [2.24, 2.45) is 0 Å². The number of carbonyl (C=O) groups excluding carboxylic acids is 1. The fraction of sp³-hybridized carbons (Fsp3) is 0.105. The normalized spacial score (nSPS) is 11.8. The maximum atomic E-state index is 12.4. The van der Waals surface area contributed by atoms with Crippen LogP contribution in [0.1, 0.15) is 6.92 Å². The molecule has 2 aromatic carbocycles. The second-order valence-electron chi connectivity index (χ2n) is 5.23. The van der Waals surface area contributed by atoms with Crippen LogP contribution in [0.4, 0.5) is 5.69 Å². The number of halogens is 1. The van der Waals surface area contributed by atoms with Gasteiger partial charge in [-0.3, -0.25) is 4.79 Å². The first-order valence-electron chi connectivity index (χ1n) is 7.49. The highest BCUT2D eigenvalue weighted by Gasteiger charge is 2.16. The maximum absolute atomic E-state index is 12.4. The van der Waals surface area contributed by atoms with E-state index in [-0.39, 0.29) is 5.91 Å². The molecule has 0 fully saturated rings. The summed E-state index contributed by atoms with van der Waals surface area (Å²) in [6, 6.07) is 18.7. The van der Waals surface area contributed by atoms with Crippen LogP contribution in [0.5, 0.6) is 5.75 Å². The molecular formula is C19H16ClNO2S. The average Bonchev–Trinajstić information content (AvgIpc) is 3.11. The molecule has 5 heteroatoms. The van der Waals surface area contributed by atoms with Crippen LogP contribution in [0.3, 0.4) is 0 Å². The summed E-state index contributed by atoms with van der Waals surface area (Å²) < 4.78 is 5.67. The maximum Gasteiger partial charge on any atom is 0.265 e. The predicted octanol–water partition coefficient (Wildman–Crippen LogP) is 5.47. The molecule has 0 aliphatic carbocycles. The van der Waals surface area contributed by atoms with Gasteiger partial charge in [0.1, 0.15) is 5.75 Å². The molecule has 1 heterocycles. The van der Waals surface area contributed by atoms with E-state index in [1.54, 1.807) is 42.5 Å². The molecular weight excluding hydrogens is 342 g/mol. The Labute approximate surface area is 149 Å². The van der Waals surface area contributed by atoms with Crippen LogP contribution in [0.2, 0.25) is 5.02 Å². The lowest BCUT2D eigenvalue weighted by atomic mass is 10.1. The minimum absolute atomic E-state index is 0.200. The van der Waals surface area contributed by atoms with E-state index in [9.17, 15) is 4.79 Å². The molecule has 24 heavy (non-hydrogen) atoms. The minimum atomic E-state index is -0.623. The molecule has 1 unspecified atom stereocenters. The summed E-state index contributed by atoms with van der Waals surface area (Å²) in [4.78, 5) is 13.6. The standard InChI is InChI=1S/C19H16ClNO2S/c1-13(23-15-10-8-14(20)9-11-15)19(22)21-17-6-3-2-5-16(17)18-7-4-12-24-18/h2-13H,1H3,(H,21,22). The van der Waals surface area contributed by atoms with E-state index < -0.39 is 6.10 Å². The third kappa shape index (κ3) is 3.96. The van der Waals surface area contributed by atoms with Gasteiger partial charge in [0.05, 0.1) is 0 Å². The fourth-order valence-corrected chi connectivity index (χ4v) is 3.14. The first-order valence-corrected chi connectivity index (χ1v) is 8.75. The summed E-state index contributed by atoms with van der Waals surface area (Å²) in [6.07, 6.45) is -0.623. The van der Waals surface area contributed by atoms with Crippen molar-refractivity contribution in [2.45, 2.75) is 13.0 Å². The quantitative estimate of drug-likeness (QED) is 0.657. The molecule has 0 spiro atoms. The van der Waals surface area contributed by atoms with Crippen LogP contribution in [0.25, 0.3) is 10.4 Å². The van der Waals surface area contributed by atoms with Crippen molar-refractivity contribution in [3.63, 3.8) is 0 Å². The molecule has 0 saturated heterocycles. The van der Waals surface area contributed by atoms with Gasteiger partial charge in [0.2, 0.25) is 0 Å². The molecule has 1 atom stereocenters. The Morgan fingerprint density at radius 3 is 2.54 bits per heavy atom. The molecule has 0 aliphatic rings. The molecule has 3 aromatic rings. The van der Waals surface area contributed by atoms with Crippen molar-refractivity contribution in [1.29, 1.82) is 0 Å². The van der Waals surface area contributed by atoms with Gasteiger partial charge in [-0.15, -0.1) is 11.3 Å². The number of ether oxygens (including phenoxy) is 1. The molecule has 0 bridgehead atoms. The number of hydrogen-bond acceptors (Lipinski definition) is 3. The lowest BCUT2D eigenvalue weighted by Gasteiger charge is -2.16. The van der Waals surface area contributed by atoms with E-state index in [4.69, 9.17) is 16.3 Å². The second-order valence-corrected chi connectivity index (χ2v) is 6.61. The molecule has 122 valence electrons. The Balaban J connectivity index is 1.72. The summed E-state index contributed by atoms with van der Waals surface area (Å²) in [5, 5.41) is 5.59. The molecule has 1 aromatic heterocycles. The third-order valence-corrected chi connectivity index (χ3v) is 4.62. The van der Waals surface area contributed by atoms with E-state index in [2.05, 4.69) is 5.32 Å². The number of rotatable bonds is 5. The predicted molar refractivity (Wildman–Crippen MR) is 99.9 cm³/mol. The highest BCUT2D eigenvalue weighted by molar-refractivity contribution is 7.13. The zero-order valence-corrected chi connectivity index (χ0v) is 14.6. The SMILES string of the molecule is CC(Oc1ccc(Cl)cc1)C(=O)Nc1ccccc1-c1cccs1. The summed E-state index contributed by atoms with van der Waals surface area (Å²) >= 11 is 7.49. The Hall–Kier alpha value is -2.30. The number of para-hydroxylation sites is 1. The zero-order valence-electron chi connectivity index (χ0n) is 13.0. The zero-order chi connectivity index (χ0) is 16.9. The molecule has 3 rings (SSSR count). The van der Waals surface area contributed by atoms with Gasteiger partial charge >= 0.3 is 0 Å². The fourth-order valence-electron chi connectivity index (χ4n) is 2.24. The summed E-state index contributed by atoms with van der Waals surface area (Å²) in [7, 11) is 0. The smallest absolute Gasteiger partial charge is 0.265 e. The molecule has 3 nitrogen and oxygen atoms in total. The molecule has 1 amide bonds. The molecule has 0 aliphatic heterocycles. The molecule has 0 radical (unpaired) electrons. The minimum Gasteiger partial charge on any atom is -0.481 e.